The van der Waals surface area contributed by atoms with Crippen molar-refractivity contribution in [3.8, 4) is 0 Å². The van der Waals surface area contributed by atoms with Gasteiger partial charge in [-0.2, -0.15) is 5.10 Å². The van der Waals surface area contributed by atoms with Gasteiger partial charge in [0.2, 0.25) is 0 Å². The molecule has 3 heterocycles. The van der Waals surface area contributed by atoms with Gasteiger partial charge in [-0.15, -0.1) is 0 Å². The average molecular weight is 593 g/mol. The van der Waals surface area contributed by atoms with E-state index in [1.807, 2.05) is 54.1 Å². The maximum absolute atomic E-state index is 13.6. The quantitative estimate of drug-likeness (QED) is 0.278. The number of amides is 1. The van der Waals surface area contributed by atoms with E-state index >= 15 is 0 Å². The number of aryl methyl sites for hydroxylation is 1. The molecule has 0 radical (unpaired) electrons. The van der Waals surface area contributed by atoms with Crippen LogP contribution in [0.5, 0.6) is 0 Å². The number of hydrogen-bond donors (Lipinski definition) is 0. The van der Waals surface area contributed by atoms with Crippen LogP contribution < -0.4 is 4.90 Å². The number of halogens is 1. The molecule has 1 aliphatic rings. The van der Waals surface area contributed by atoms with E-state index in [1.54, 1.807) is 6.20 Å². The standard InChI is InChI=1S/C29H34BrN7O2/c1-21(23-8-5-4-6-9-23)20-36-27-26(19-31-36)28(33-22(2)32-27)37(25-11-7-10-24(30)18-25)29(38)39-17-16-35-14-12-34(3)13-15-35/h4-11,18-19,21H,12-17,20H2,1-3H3. The van der Waals surface area contributed by atoms with Gasteiger partial charge in [-0.05, 0) is 37.7 Å². The monoisotopic (exact) mass is 591 g/mol. The second-order valence-corrected chi connectivity index (χ2v) is 11.0. The summed E-state index contributed by atoms with van der Waals surface area (Å²) in [6.07, 6.45) is 1.26. The first-order valence-electron chi connectivity index (χ1n) is 13.3. The van der Waals surface area contributed by atoms with Crippen LogP contribution in [0, 0.1) is 6.92 Å². The summed E-state index contributed by atoms with van der Waals surface area (Å²) in [7, 11) is 2.13. The molecule has 4 aromatic rings. The number of hydrogen-bond acceptors (Lipinski definition) is 7. The molecular formula is C29H34BrN7O2. The summed E-state index contributed by atoms with van der Waals surface area (Å²) in [4.78, 5) is 29.2. The van der Waals surface area contributed by atoms with Crippen molar-refractivity contribution >= 4 is 44.6 Å². The van der Waals surface area contributed by atoms with Gasteiger partial charge >= 0.3 is 6.09 Å². The minimum atomic E-state index is -0.480. The molecule has 1 unspecified atom stereocenters. The number of likely N-dealkylation sites (N-methyl/N-ethyl adjacent to an activating group) is 1. The highest BCUT2D eigenvalue weighted by molar-refractivity contribution is 9.10. The fourth-order valence-corrected chi connectivity index (χ4v) is 5.21. The molecule has 1 atom stereocenters. The van der Waals surface area contributed by atoms with E-state index in [0.29, 0.717) is 48.1 Å². The molecule has 9 nitrogen and oxygen atoms in total. The van der Waals surface area contributed by atoms with Crippen LogP contribution in [-0.2, 0) is 11.3 Å². The van der Waals surface area contributed by atoms with Gasteiger partial charge < -0.3 is 9.64 Å². The highest BCUT2D eigenvalue weighted by Crippen LogP contribution is 2.33. The van der Waals surface area contributed by atoms with Crippen LogP contribution in [-0.4, -0.2) is 82.0 Å². The number of ether oxygens (including phenoxy) is 1. The molecule has 0 spiro atoms. The van der Waals surface area contributed by atoms with Crippen molar-refractivity contribution in [2.75, 3.05) is 51.3 Å². The third kappa shape index (κ3) is 6.46. The normalized spacial score (nSPS) is 15.4. The van der Waals surface area contributed by atoms with Gasteiger partial charge in [0.1, 0.15) is 12.4 Å². The van der Waals surface area contributed by atoms with Crippen molar-refractivity contribution in [2.45, 2.75) is 26.3 Å². The smallest absolute Gasteiger partial charge is 0.420 e. The Kier molecular flexibility index (Phi) is 8.54. The van der Waals surface area contributed by atoms with Crippen LogP contribution in [0.2, 0.25) is 0 Å². The summed E-state index contributed by atoms with van der Waals surface area (Å²) >= 11 is 3.54. The third-order valence-electron chi connectivity index (χ3n) is 7.09. The SMILES string of the molecule is Cc1nc(N(C(=O)OCCN2CCN(C)CC2)c2cccc(Br)c2)c2cnn(CC(C)c3ccccc3)c2n1. The number of fused-ring (bicyclic) bond motifs is 1. The summed E-state index contributed by atoms with van der Waals surface area (Å²) in [5.74, 6) is 1.24. The van der Waals surface area contributed by atoms with Crippen LogP contribution in [0.3, 0.4) is 0 Å². The largest absolute Gasteiger partial charge is 0.448 e. The predicted octanol–water partition coefficient (Wildman–Crippen LogP) is 5.22. The lowest BCUT2D eigenvalue weighted by Crippen LogP contribution is -2.45. The molecule has 2 aromatic heterocycles. The minimum Gasteiger partial charge on any atom is -0.448 e. The van der Waals surface area contributed by atoms with Crippen molar-refractivity contribution in [2.24, 2.45) is 0 Å². The second kappa shape index (κ2) is 12.2. The van der Waals surface area contributed by atoms with Gasteiger partial charge in [0, 0.05) is 49.7 Å². The van der Waals surface area contributed by atoms with E-state index in [0.717, 1.165) is 30.7 Å². The Morgan fingerprint density at radius 2 is 1.85 bits per heavy atom. The summed E-state index contributed by atoms with van der Waals surface area (Å²) in [5, 5.41) is 5.35. The number of anilines is 2. The molecule has 1 amide bonds. The molecule has 1 fully saturated rings. The van der Waals surface area contributed by atoms with Gasteiger partial charge in [-0.25, -0.2) is 24.3 Å². The third-order valence-corrected chi connectivity index (χ3v) is 7.59. The van der Waals surface area contributed by atoms with Crippen LogP contribution in [0.4, 0.5) is 16.3 Å². The molecular weight excluding hydrogens is 558 g/mol. The molecule has 10 heteroatoms. The summed E-state index contributed by atoms with van der Waals surface area (Å²) in [6, 6.07) is 17.9. The van der Waals surface area contributed by atoms with E-state index in [4.69, 9.17) is 14.7 Å². The second-order valence-electron chi connectivity index (χ2n) is 10.0. The van der Waals surface area contributed by atoms with Gasteiger partial charge in [0.15, 0.2) is 11.5 Å². The molecule has 204 valence electrons. The van der Waals surface area contributed by atoms with Gasteiger partial charge in [-0.3, -0.25) is 4.90 Å². The van der Waals surface area contributed by atoms with E-state index in [-0.39, 0.29) is 5.92 Å². The van der Waals surface area contributed by atoms with E-state index < -0.39 is 6.09 Å². The predicted molar refractivity (Wildman–Crippen MR) is 156 cm³/mol. The molecule has 5 rings (SSSR count). The number of piperazine rings is 1. The lowest BCUT2D eigenvalue weighted by Gasteiger charge is -2.32. The van der Waals surface area contributed by atoms with Crippen molar-refractivity contribution in [3.63, 3.8) is 0 Å². The summed E-state index contributed by atoms with van der Waals surface area (Å²) in [6.45, 7) is 9.61. The summed E-state index contributed by atoms with van der Waals surface area (Å²) < 4.78 is 8.57. The number of benzene rings is 2. The highest BCUT2D eigenvalue weighted by Gasteiger charge is 2.26. The summed E-state index contributed by atoms with van der Waals surface area (Å²) in [5.41, 5.74) is 2.57. The lowest BCUT2D eigenvalue weighted by atomic mass is 10.0. The molecule has 39 heavy (non-hydrogen) atoms. The Balaban J connectivity index is 1.44. The first-order chi connectivity index (χ1) is 18.9. The van der Waals surface area contributed by atoms with Crippen molar-refractivity contribution in [1.82, 2.24) is 29.5 Å². The fourth-order valence-electron chi connectivity index (χ4n) is 4.82. The zero-order chi connectivity index (χ0) is 27.4. The highest BCUT2D eigenvalue weighted by atomic mass is 79.9. The first-order valence-corrected chi connectivity index (χ1v) is 14.1. The van der Waals surface area contributed by atoms with E-state index in [2.05, 4.69) is 56.9 Å². The molecule has 0 aliphatic carbocycles. The minimum absolute atomic E-state index is 0.230. The Morgan fingerprint density at radius 1 is 1.08 bits per heavy atom. The van der Waals surface area contributed by atoms with E-state index in [9.17, 15) is 4.79 Å². The molecule has 1 aliphatic heterocycles. The molecule has 0 bridgehead atoms. The Morgan fingerprint density at radius 3 is 2.59 bits per heavy atom. The van der Waals surface area contributed by atoms with Crippen molar-refractivity contribution in [1.29, 1.82) is 0 Å². The van der Waals surface area contributed by atoms with Gasteiger partial charge in [0.25, 0.3) is 0 Å². The van der Waals surface area contributed by atoms with Crippen LogP contribution in [0.15, 0.2) is 65.3 Å². The van der Waals surface area contributed by atoms with Crippen LogP contribution in [0.1, 0.15) is 24.2 Å². The first kappa shape index (κ1) is 27.2. The van der Waals surface area contributed by atoms with Crippen LogP contribution in [0.25, 0.3) is 11.0 Å². The van der Waals surface area contributed by atoms with Gasteiger partial charge in [-0.1, -0.05) is 59.3 Å². The molecule has 0 saturated carbocycles. The van der Waals surface area contributed by atoms with Crippen LogP contribution >= 0.6 is 15.9 Å². The molecule has 1 saturated heterocycles. The zero-order valence-corrected chi connectivity index (χ0v) is 24.2. The maximum atomic E-state index is 13.6. The Bertz CT molecular complexity index is 1420. The lowest BCUT2D eigenvalue weighted by molar-refractivity contribution is 0.108. The topological polar surface area (TPSA) is 79.6 Å². The number of carbonyl (C=O) groups is 1. The van der Waals surface area contributed by atoms with Crippen molar-refractivity contribution in [3.05, 3.63) is 76.7 Å². The molecule has 2 aromatic carbocycles. The number of nitrogens with zero attached hydrogens (tertiary/aromatic N) is 7. The van der Waals surface area contributed by atoms with Crippen molar-refractivity contribution < 1.29 is 9.53 Å². The molecule has 0 N–H and O–H groups in total. The number of carbonyl (C=O) groups excluding carboxylic acids is 1. The maximum Gasteiger partial charge on any atom is 0.420 e. The zero-order valence-electron chi connectivity index (χ0n) is 22.6. The number of rotatable bonds is 8. The van der Waals surface area contributed by atoms with E-state index in [1.165, 1.54) is 10.5 Å². The van der Waals surface area contributed by atoms with Gasteiger partial charge in [0.05, 0.1) is 17.3 Å². The Hall–Kier alpha value is -3.34. The average Bonchev–Trinajstić information content (AvgIpc) is 3.32. The fraction of sp³-hybridized carbons (Fsp3) is 0.379. The Labute approximate surface area is 237 Å². The number of aromatic nitrogens is 4.